The molecule has 0 saturated carbocycles. The molecule has 0 aliphatic carbocycles. The second kappa shape index (κ2) is 7.56. The van der Waals surface area contributed by atoms with Crippen LogP contribution in [0.3, 0.4) is 0 Å². The molecular formula is C15H20ClN3O3. The first-order valence-electron chi connectivity index (χ1n) is 7.40. The molecule has 0 atom stereocenters. The van der Waals surface area contributed by atoms with Gasteiger partial charge in [-0.15, -0.1) is 0 Å². The summed E-state index contributed by atoms with van der Waals surface area (Å²) in [4.78, 5) is 24.8. The monoisotopic (exact) mass is 325 g/mol. The van der Waals surface area contributed by atoms with Crippen LogP contribution in [0, 0.1) is 16.0 Å². The summed E-state index contributed by atoms with van der Waals surface area (Å²) in [6, 6.07) is 4.19. The molecule has 1 N–H and O–H groups in total. The Bertz CT molecular complexity index is 557. The third-order valence-corrected chi connectivity index (χ3v) is 4.33. The van der Waals surface area contributed by atoms with Gasteiger partial charge in [0.1, 0.15) is 5.56 Å². The molecule has 120 valence electrons. The summed E-state index contributed by atoms with van der Waals surface area (Å²) in [7, 11) is 1.93. The van der Waals surface area contributed by atoms with Crippen molar-refractivity contribution in [1.29, 1.82) is 0 Å². The number of nitro groups is 1. The highest BCUT2D eigenvalue weighted by molar-refractivity contribution is 6.31. The van der Waals surface area contributed by atoms with Gasteiger partial charge in [-0.1, -0.05) is 11.6 Å². The number of rotatable bonds is 5. The Labute approximate surface area is 134 Å². The minimum Gasteiger partial charge on any atom is -0.338 e. The van der Waals surface area contributed by atoms with Crippen LogP contribution in [-0.4, -0.2) is 42.4 Å². The second-order valence-electron chi connectivity index (χ2n) is 5.55. The number of carbonyl (C=O) groups excluding carboxylic acids is 1. The van der Waals surface area contributed by atoms with E-state index in [1.165, 1.54) is 18.2 Å². The topological polar surface area (TPSA) is 75.5 Å². The number of nitrogens with one attached hydrogen (secondary N) is 1. The molecule has 1 aromatic carbocycles. The van der Waals surface area contributed by atoms with Crippen LogP contribution in [0.25, 0.3) is 0 Å². The van der Waals surface area contributed by atoms with Crippen LogP contribution in [0.5, 0.6) is 0 Å². The lowest BCUT2D eigenvalue weighted by atomic mass is 9.93. The van der Waals surface area contributed by atoms with Crippen molar-refractivity contribution in [3.63, 3.8) is 0 Å². The Balaban J connectivity index is 2.06. The second-order valence-corrected chi connectivity index (χ2v) is 5.98. The molecule has 2 rings (SSSR count). The van der Waals surface area contributed by atoms with Crippen LogP contribution in [0.15, 0.2) is 18.2 Å². The molecule has 1 aromatic rings. The molecule has 6 nitrogen and oxygen atoms in total. The Kier molecular flexibility index (Phi) is 5.74. The average molecular weight is 326 g/mol. The largest absolute Gasteiger partial charge is 0.338 e. The summed E-state index contributed by atoms with van der Waals surface area (Å²) in [6.45, 7) is 2.27. The standard InChI is InChI=1S/C15H20ClN3O3/c1-17-7-4-11-5-8-18(9-6-11)15(20)13-3-2-12(16)10-14(13)19(21)22/h2-3,10-11,17H,4-9H2,1H3. The fourth-order valence-corrected chi connectivity index (χ4v) is 2.95. The van der Waals surface area contributed by atoms with Crippen molar-refractivity contribution in [2.45, 2.75) is 19.3 Å². The van der Waals surface area contributed by atoms with E-state index < -0.39 is 4.92 Å². The van der Waals surface area contributed by atoms with E-state index in [1.54, 1.807) is 4.90 Å². The molecule has 1 aliphatic rings. The Morgan fingerprint density at radius 3 is 2.73 bits per heavy atom. The molecule has 22 heavy (non-hydrogen) atoms. The number of amides is 1. The number of benzene rings is 1. The van der Waals surface area contributed by atoms with E-state index in [-0.39, 0.29) is 22.2 Å². The average Bonchev–Trinajstić information content (AvgIpc) is 2.52. The third kappa shape index (κ3) is 3.96. The third-order valence-electron chi connectivity index (χ3n) is 4.09. The van der Waals surface area contributed by atoms with Crippen molar-refractivity contribution in [3.8, 4) is 0 Å². The van der Waals surface area contributed by atoms with Crippen molar-refractivity contribution < 1.29 is 9.72 Å². The summed E-state index contributed by atoms with van der Waals surface area (Å²) < 4.78 is 0. The maximum atomic E-state index is 12.5. The van der Waals surface area contributed by atoms with Crippen LogP contribution < -0.4 is 5.32 Å². The summed E-state index contributed by atoms with van der Waals surface area (Å²) >= 11 is 5.78. The number of halogens is 1. The first-order valence-corrected chi connectivity index (χ1v) is 7.78. The van der Waals surface area contributed by atoms with Gasteiger partial charge in [0.05, 0.1) is 4.92 Å². The fraction of sp³-hybridized carbons (Fsp3) is 0.533. The van der Waals surface area contributed by atoms with Gasteiger partial charge in [-0.2, -0.15) is 0 Å². The number of nitro benzene ring substituents is 1. The van der Waals surface area contributed by atoms with Crippen LogP contribution in [0.2, 0.25) is 5.02 Å². The Hall–Kier alpha value is -1.66. The maximum Gasteiger partial charge on any atom is 0.283 e. The number of likely N-dealkylation sites (tertiary alicyclic amines) is 1. The van der Waals surface area contributed by atoms with Gasteiger partial charge in [-0.3, -0.25) is 14.9 Å². The van der Waals surface area contributed by atoms with Crippen LogP contribution in [-0.2, 0) is 0 Å². The van der Waals surface area contributed by atoms with Crippen molar-refractivity contribution in [2.75, 3.05) is 26.7 Å². The van der Waals surface area contributed by atoms with Gasteiger partial charge >= 0.3 is 0 Å². The van der Waals surface area contributed by atoms with E-state index in [2.05, 4.69) is 5.32 Å². The van der Waals surface area contributed by atoms with Gasteiger partial charge in [-0.25, -0.2) is 0 Å². The first-order chi connectivity index (χ1) is 10.5. The summed E-state index contributed by atoms with van der Waals surface area (Å²) in [6.07, 6.45) is 2.98. The number of nitrogens with zero attached hydrogens (tertiary/aromatic N) is 2. The highest BCUT2D eigenvalue weighted by Crippen LogP contribution is 2.27. The zero-order chi connectivity index (χ0) is 16.1. The zero-order valence-corrected chi connectivity index (χ0v) is 13.3. The van der Waals surface area contributed by atoms with Crippen molar-refractivity contribution in [2.24, 2.45) is 5.92 Å². The minimum absolute atomic E-state index is 0.114. The Morgan fingerprint density at radius 1 is 1.45 bits per heavy atom. The molecule has 0 radical (unpaired) electrons. The van der Waals surface area contributed by atoms with E-state index in [0.717, 1.165) is 25.8 Å². The van der Waals surface area contributed by atoms with Gasteiger partial charge in [0, 0.05) is 24.2 Å². The summed E-state index contributed by atoms with van der Waals surface area (Å²) in [5, 5.41) is 14.5. The van der Waals surface area contributed by atoms with Crippen LogP contribution in [0.1, 0.15) is 29.6 Å². The number of piperidine rings is 1. The molecule has 1 amide bonds. The van der Waals surface area contributed by atoms with Gasteiger partial charge < -0.3 is 10.2 Å². The number of hydrogen-bond acceptors (Lipinski definition) is 4. The van der Waals surface area contributed by atoms with Crippen LogP contribution in [0.4, 0.5) is 5.69 Å². The van der Waals surface area contributed by atoms with Gasteiger partial charge in [0.15, 0.2) is 0 Å². The number of hydrogen-bond donors (Lipinski definition) is 1. The van der Waals surface area contributed by atoms with Gasteiger partial charge in [-0.05, 0) is 50.9 Å². The van der Waals surface area contributed by atoms with E-state index in [0.29, 0.717) is 19.0 Å². The molecule has 1 saturated heterocycles. The molecule has 1 fully saturated rings. The molecule has 0 bridgehead atoms. The minimum atomic E-state index is -0.557. The smallest absolute Gasteiger partial charge is 0.283 e. The Morgan fingerprint density at radius 2 is 2.14 bits per heavy atom. The predicted molar refractivity (Wildman–Crippen MR) is 85.3 cm³/mol. The molecule has 0 spiro atoms. The van der Waals surface area contributed by atoms with Crippen molar-refractivity contribution in [3.05, 3.63) is 38.9 Å². The highest BCUT2D eigenvalue weighted by Gasteiger charge is 2.28. The quantitative estimate of drug-likeness (QED) is 0.667. The van der Waals surface area contributed by atoms with Crippen molar-refractivity contribution in [1.82, 2.24) is 10.2 Å². The molecular weight excluding hydrogens is 306 g/mol. The maximum absolute atomic E-state index is 12.5. The van der Waals surface area contributed by atoms with Gasteiger partial charge in [0.2, 0.25) is 0 Å². The highest BCUT2D eigenvalue weighted by atomic mass is 35.5. The fourth-order valence-electron chi connectivity index (χ4n) is 2.78. The van der Waals surface area contributed by atoms with Crippen molar-refractivity contribution >= 4 is 23.2 Å². The SMILES string of the molecule is CNCCC1CCN(C(=O)c2ccc(Cl)cc2[N+](=O)[O-])CC1. The molecule has 1 aliphatic heterocycles. The molecule has 0 unspecified atom stereocenters. The van der Waals surface area contributed by atoms with E-state index >= 15 is 0 Å². The van der Waals surface area contributed by atoms with E-state index in [4.69, 9.17) is 11.6 Å². The predicted octanol–water partition coefficient (Wildman–Crippen LogP) is 2.71. The number of carbonyl (C=O) groups is 1. The normalized spacial score (nSPS) is 15.8. The lowest BCUT2D eigenvalue weighted by Crippen LogP contribution is -2.39. The lowest BCUT2D eigenvalue weighted by molar-refractivity contribution is -0.385. The van der Waals surface area contributed by atoms with Gasteiger partial charge in [0.25, 0.3) is 11.6 Å². The summed E-state index contributed by atoms with van der Waals surface area (Å²) in [5.74, 6) is 0.326. The molecule has 1 heterocycles. The summed E-state index contributed by atoms with van der Waals surface area (Å²) in [5.41, 5.74) is -0.113. The lowest BCUT2D eigenvalue weighted by Gasteiger charge is -2.32. The molecule has 0 aromatic heterocycles. The van der Waals surface area contributed by atoms with E-state index in [1.807, 2.05) is 7.05 Å². The van der Waals surface area contributed by atoms with E-state index in [9.17, 15) is 14.9 Å². The molecule has 7 heteroatoms. The zero-order valence-electron chi connectivity index (χ0n) is 12.5. The van der Waals surface area contributed by atoms with Crippen LogP contribution >= 0.6 is 11.6 Å². The first kappa shape index (κ1) is 16.7.